The molecule has 0 spiro atoms. The average molecular weight is 281 g/mol. The smallest absolute Gasteiger partial charge is 0.278 e. The van der Waals surface area contributed by atoms with Crippen molar-refractivity contribution in [1.82, 2.24) is 5.32 Å². The molecule has 2 N–H and O–H groups in total. The van der Waals surface area contributed by atoms with Crippen LogP contribution < -0.4 is 15.4 Å². The van der Waals surface area contributed by atoms with Gasteiger partial charge in [-0.3, -0.25) is 9.59 Å². The number of benzene rings is 1. The van der Waals surface area contributed by atoms with Crippen LogP contribution in [0.1, 0.15) is 19.8 Å². The largest absolute Gasteiger partial charge is 0.466 e. The first-order chi connectivity index (χ1) is 8.99. The van der Waals surface area contributed by atoms with E-state index < -0.39 is 17.4 Å². The number of hydrogen-bond acceptors (Lipinski definition) is 3. The Morgan fingerprint density at radius 1 is 1.53 bits per heavy atom. The number of carbonyl (C=O) groups is 2. The number of amides is 2. The maximum atomic E-state index is 12.1. The number of rotatable bonds is 2. The van der Waals surface area contributed by atoms with Gasteiger partial charge in [-0.2, -0.15) is 0 Å². The zero-order chi connectivity index (χ0) is 13.6. The van der Waals surface area contributed by atoms with Crippen LogP contribution in [-0.4, -0.2) is 23.5 Å². The lowest BCUT2D eigenvalue weighted by molar-refractivity contribution is -0.146. The Labute approximate surface area is 115 Å². The Bertz CT molecular complexity index is 571. The van der Waals surface area contributed by atoms with Crippen molar-refractivity contribution in [2.24, 2.45) is 0 Å². The molecule has 2 amide bonds. The summed E-state index contributed by atoms with van der Waals surface area (Å²) in [4.78, 5) is 24.2. The van der Waals surface area contributed by atoms with E-state index in [1.807, 2.05) is 0 Å². The summed E-state index contributed by atoms with van der Waals surface area (Å²) in [5.41, 5.74) is -1.06. The monoisotopic (exact) mass is 280 g/mol. The number of nitrogens with one attached hydrogen (secondary N) is 2. The number of carbonyl (C=O) groups excluding carboxylic acids is 2. The van der Waals surface area contributed by atoms with Crippen LogP contribution in [0.15, 0.2) is 18.2 Å². The van der Waals surface area contributed by atoms with Crippen molar-refractivity contribution >= 4 is 29.1 Å². The lowest BCUT2D eigenvalue weighted by atomic mass is 10.0. The summed E-state index contributed by atoms with van der Waals surface area (Å²) in [6.45, 7) is 1.47. The van der Waals surface area contributed by atoms with Crippen molar-refractivity contribution < 1.29 is 14.3 Å². The highest BCUT2D eigenvalue weighted by Gasteiger charge is 2.48. The first-order valence-corrected chi connectivity index (χ1v) is 6.48. The fourth-order valence-electron chi connectivity index (χ4n) is 1.90. The average Bonchev–Trinajstić information content (AvgIpc) is 3.15. The van der Waals surface area contributed by atoms with Gasteiger partial charge >= 0.3 is 0 Å². The molecular formula is C13H13ClN2O3. The Balaban J connectivity index is 1.89. The van der Waals surface area contributed by atoms with Crippen molar-refractivity contribution in [1.29, 1.82) is 0 Å². The molecule has 1 atom stereocenters. The van der Waals surface area contributed by atoms with Crippen LogP contribution in [0.3, 0.4) is 0 Å². The molecule has 0 bridgehead atoms. The van der Waals surface area contributed by atoms with Gasteiger partial charge in [0.05, 0.1) is 5.69 Å². The van der Waals surface area contributed by atoms with Gasteiger partial charge in [-0.05, 0) is 38.0 Å². The molecule has 5 nitrogen and oxygen atoms in total. The number of anilines is 1. The minimum absolute atomic E-state index is 0.173. The molecule has 2 aliphatic rings. The fraction of sp³-hybridized carbons (Fsp3) is 0.385. The molecule has 0 radical (unpaired) electrons. The normalized spacial score (nSPS) is 25.1. The topological polar surface area (TPSA) is 67.4 Å². The van der Waals surface area contributed by atoms with Crippen molar-refractivity contribution in [3.05, 3.63) is 23.2 Å². The van der Waals surface area contributed by atoms with E-state index in [1.165, 1.54) is 6.92 Å². The zero-order valence-electron chi connectivity index (χ0n) is 10.3. The molecule has 1 heterocycles. The second-order valence-corrected chi connectivity index (χ2v) is 5.41. The molecule has 19 heavy (non-hydrogen) atoms. The van der Waals surface area contributed by atoms with Crippen LogP contribution >= 0.6 is 11.6 Å². The summed E-state index contributed by atoms with van der Waals surface area (Å²) in [7, 11) is 0. The molecule has 1 aromatic carbocycles. The Morgan fingerprint density at radius 3 is 2.95 bits per heavy atom. The predicted octanol–water partition coefficient (Wildman–Crippen LogP) is 1.71. The summed E-state index contributed by atoms with van der Waals surface area (Å²) >= 11 is 5.85. The molecule has 100 valence electrons. The van der Waals surface area contributed by atoms with Crippen LogP contribution in [0.4, 0.5) is 5.69 Å². The predicted molar refractivity (Wildman–Crippen MR) is 70.3 cm³/mol. The van der Waals surface area contributed by atoms with Crippen LogP contribution in [-0.2, 0) is 9.59 Å². The van der Waals surface area contributed by atoms with Crippen molar-refractivity contribution in [3.8, 4) is 5.75 Å². The molecule has 1 aromatic rings. The van der Waals surface area contributed by atoms with E-state index in [0.29, 0.717) is 16.5 Å². The van der Waals surface area contributed by atoms with Gasteiger partial charge in [0.2, 0.25) is 0 Å². The summed E-state index contributed by atoms with van der Waals surface area (Å²) in [6, 6.07) is 5.05. The lowest BCUT2D eigenvalue weighted by Crippen LogP contribution is -2.59. The summed E-state index contributed by atoms with van der Waals surface area (Å²) in [5, 5.41) is 5.94. The molecule has 1 saturated carbocycles. The molecular weight excluding hydrogens is 268 g/mol. The third-order valence-electron chi connectivity index (χ3n) is 3.28. The highest BCUT2D eigenvalue weighted by atomic mass is 35.5. The fourth-order valence-corrected chi connectivity index (χ4v) is 2.07. The van der Waals surface area contributed by atoms with Gasteiger partial charge in [0.15, 0.2) is 0 Å². The first kappa shape index (κ1) is 12.3. The highest BCUT2D eigenvalue weighted by molar-refractivity contribution is 6.31. The maximum Gasteiger partial charge on any atom is 0.278 e. The molecule has 0 aromatic heterocycles. The molecule has 3 rings (SSSR count). The molecule has 0 saturated heterocycles. The van der Waals surface area contributed by atoms with Gasteiger partial charge in [-0.1, -0.05) is 11.6 Å². The first-order valence-electron chi connectivity index (χ1n) is 6.10. The molecule has 1 aliphatic carbocycles. The number of fused-ring (bicyclic) bond motifs is 1. The Hall–Kier alpha value is -1.75. The van der Waals surface area contributed by atoms with Crippen LogP contribution in [0, 0.1) is 0 Å². The van der Waals surface area contributed by atoms with Gasteiger partial charge in [0.1, 0.15) is 5.75 Å². The molecule has 1 aliphatic heterocycles. The minimum atomic E-state index is -1.54. The van der Waals surface area contributed by atoms with Gasteiger partial charge in [-0.25, -0.2) is 0 Å². The second-order valence-electron chi connectivity index (χ2n) is 4.98. The van der Waals surface area contributed by atoms with Gasteiger partial charge < -0.3 is 15.4 Å². The summed E-state index contributed by atoms with van der Waals surface area (Å²) in [5.74, 6) is -0.453. The van der Waals surface area contributed by atoms with E-state index in [-0.39, 0.29) is 6.04 Å². The Morgan fingerprint density at radius 2 is 2.26 bits per heavy atom. The number of ether oxygens (including phenoxy) is 1. The molecule has 6 heteroatoms. The zero-order valence-corrected chi connectivity index (χ0v) is 11.1. The van der Waals surface area contributed by atoms with E-state index in [2.05, 4.69) is 10.6 Å². The number of halogens is 1. The quantitative estimate of drug-likeness (QED) is 0.811. The van der Waals surface area contributed by atoms with Crippen molar-refractivity contribution in [2.45, 2.75) is 31.4 Å². The van der Waals surface area contributed by atoms with Gasteiger partial charge in [0.25, 0.3) is 17.4 Å². The van der Waals surface area contributed by atoms with Crippen LogP contribution in [0.2, 0.25) is 5.02 Å². The van der Waals surface area contributed by atoms with E-state index in [1.54, 1.807) is 18.2 Å². The minimum Gasteiger partial charge on any atom is -0.466 e. The van der Waals surface area contributed by atoms with E-state index in [4.69, 9.17) is 16.3 Å². The SMILES string of the molecule is C[C@]1(C(=O)NC2CC2)Oc2ccc(Cl)cc2NC1=O. The molecule has 1 fully saturated rings. The van der Waals surface area contributed by atoms with E-state index in [0.717, 1.165) is 12.8 Å². The molecule has 0 unspecified atom stereocenters. The summed E-state index contributed by atoms with van der Waals surface area (Å²) < 4.78 is 5.59. The standard InChI is InChI=1S/C13H13ClN2O3/c1-13(11(17)15-8-3-4-8)12(18)16-9-6-7(14)2-5-10(9)19-13/h2,5-6,8H,3-4H2,1H3,(H,15,17)(H,16,18)/t13-/m1/s1. The third-order valence-corrected chi connectivity index (χ3v) is 3.52. The lowest BCUT2D eigenvalue weighted by Gasteiger charge is -2.33. The van der Waals surface area contributed by atoms with E-state index >= 15 is 0 Å². The number of hydrogen-bond donors (Lipinski definition) is 2. The Kier molecular flexibility index (Phi) is 2.67. The highest BCUT2D eigenvalue weighted by Crippen LogP contribution is 2.36. The van der Waals surface area contributed by atoms with Crippen LogP contribution in [0.5, 0.6) is 5.75 Å². The maximum absolute atomic E-state index is 12.1. The van der Waals surface area contributed by atoms with Crippen molar-refractivity contribution in [2.75, 3.05) is 5.32 Å². The van der Waals surface area contributed by atoms with Crippen molar-refractivity contribution in [3.63, 3.8) is 0 Å². The van der Waals surface area contributed by atoms with E-state index in [9.17, 15) is 9.59 Å². The third kappa shape index (κ3) is 2.14. The van der Waals surface area contributed by atoms with Gasteiger partial charge in [0, 0.05) is 11.1 Å². The van der Waals surface area contributed by atoms with Gasteiger partial charge in [-0.15, -0.1) is 0 Å². The second kappa shape index (κ2) is 4.13. The van der Waals surface area contributed by atoms with Crippen LogP contribution in [0.25, 0.3) is 0 Å². The summed E-state index contributed by atoms with van der Waals surface area (Å²) in [6.07, 6.45) is 1.91.